The SMILES string of the molecule is CSCC(C)N(C)C(CN)c1cccc(C)c1. The van der Waals surface area contributed by atoms with E-state index in [9.17, 15) is 0 Å². The van der Waals surface area contributed by atoms with Crippen LogP contribution in [0.2, 0.25) is 0 Å². The second-order valence-corrected chi connectivity index (χ2v) is 5.55. The van der Waals surface area contributed by atoms with Gasteiger partial charge in [0.05, 0.1) is 0 Å². The molecule has 2 nitrogen and oxygen atoms in total. The molecule has 1 aromatic carbocycles. The van der Waals surface area contributed by atoms with E-state index in [1.165, 1.54) is 11.1 Å². The molecule has 0 saturated heterocycles. The van der Waals surface area contributed by atoms with Crippen LogP contribution in [0.15, 0.2) is 24.3 Å². The van der Waals surface area contributed by atoms with E-state index in [1.807, 2.05) is 11.8 Å². The quantitative estimate of drug-likeness (QED) is 0.844. The first-order valence-corrected chi connectivity index (χ1v) is 7.47. The van der Waals surface area contributed by atoms with E-state index < -0.39 is 0 Å². The summed E-state index contributed by atoms with van der Waals surface area (Å²) in [5, 5.41) is 0. The van der Waals surface area contributed by atoms with E-state index in [2.05, 4.69) is 56.3 Å². The lowest BCUT2D eigenvalue weighted by Gasteiger charge is -2.32. The van der Waals surface area contributed by atoms with E-state index in [4.69, 9.17) is 5.73 Å². The van der Waals surface area contributed by atoms with Crippen LogP contribution in [-0.4, -0.2) is 36.5 Å². The zero-order chi connectivity index (χ0) is 12.8. The van der Waals surface area contributed by atoms with E-state index >= 15 is 0 Å². The highest BCUT2D eigenvalue weighted by molar-refractivity contribution is 7.98. The molecule has 0 aliphatic heterocycles. The molecule has 0 bridgehead atoms. The minimum atomic E-state index is 0.317. The van der Waals surface area contributed by atoms with Gasteiger partial charge in [0.1, 0.15) is 0 Å². The molecule has 0 spiro atoms. The van der Waals surface area contributed by atoms with Gasteiger partial charge in [-0.15, -0.1) is 0 Å². The van der Waals surface area contributed by atoms with Crippen molar-refractivity contribution in [2.45, 2.75) is 25.9 Å². The Morgan fingerprint density at radius 1 is 1.41 bits per heavy atom. The minimum absolute atomic E-state index is 0.317. The number of hydrogen-bond donors (Lipinski definition) is 1. The Hall–Kier alpha value is -0.510. The van der Waals surface area contributed by atoms with Gasteiger partial charge in [0.15, 0.2) is 0 Å². The van der Waals surface area contributed by atoms with Crippen LogP contribution in [0.4, 0.5) is 0 Å². The third-order valence-electron chi connectivity index (χ3n) is 3.24. The molecular formula is C14H24N2S. The number of aryl methyl sites for hydroxylation is 1. The lowest BCUT2D eigenvalue weighted by Crippen LogP contribution is -2.38. The van der Waals surface area contributed by atoms with Crippen LogP contribution < -0.4 is 5.73 Å². The summed E-state index contributed by atoms with van der Waals surface area (Å²) in [6.07, 6.45) is 2.15. The van der Waals surface area contributed by atoms with E-state index in [1.54, 1.807) is 0 Å². The predicted octanol–water partition coefficient (Wildman–Crippen LogP) is 2.68. The molecule has 17 heavy (non-hydrogen) atoms. The zero-order valence-electron chi connectivity index (χ0n) is 11.3. The summed E-state index contributed by atoms with van der Waals surface area (Å²) < 4.78 is 0. The average molecular weight is 252 g/mol. The molecule has 96 valence electrons. The predicted molar refractivity (Wildman–Crippen MR) is 78.6 cm³/mol. The number of nitrogens with zero attached hydrogens (tertiary/aromatic N) is 1. The molecule has 0 amide bonds. The molecule has 2 unspecified atom stereocenters. The molecule has 0 aliphatic rings. The van der Waals surface area contributed by atoms with Crippen molar-refractivity contribution >= 4 is 11.8 Å². The number of nitrogens with two attached hydrogens (primary N) is 1. The molecule has 3 heteroatoms. The second-order valence-electron chi connectivity index (χ2n) is 4.64. The molecule has 0 aliphatic carbocycles. The third kappa shape index (κ3) is 4.02. The van der Waals surface area contributed by atoms with E-state index in [0.29, 0.717) is 18.6 Å². The lowest BCUT2D eigenvalue weighted by molar-refractivity contribution is 0.204. The summed E-state index contributed by atoms with van der Waals surface area (Å²) in [4.78, 5) is 2.38. The Labute approximate surface area is 110 Å². The molecule has 0 heterocycles. The Morgan fingerprint density at radius 3 is 2.65 bits per heavy atom. The van der Waals surface area contributed by atoms with Crippen molar-refractivity contribution in [1.82, 2.24) is 4.90 Å². The fourth-order valence-electron chi connectivity index (χ4n) is 2.08. The van der Waals surface area contributed by atoms with Crippen LogP contribution in [0, 0.1) is 6.92 Å². The highest BCUT2D eigenvalue weighted by Gasteiger charge is 2.19. The van der Waals surface area contributed by atoms with Gasteiger partial charge >= 0.3 is 0 Å². The monoisotopic (exact) mass is 252 g/mol. The van der Waals surface area contributed by atoms with Gasteiger partial charge in [-0.1, -0.05) is 29.8 Å². The Morgan fingerprint density at radius 2 is 2.12 bits per heavy atom. The number of hydrogen-bond acceptors (Lipinski definition) is 3. The first-order valence-electron chi connectivity index (χ1n) is 6.07. The fraction of sp³-hybridized carbons (Fsp3) is 0.571. The molecule has 0 radical (unpaired) electrons. The first kappa shape index (κ1) is 14.6. The Balaban J connectivity index is 2.83. The number of benzene rings is 1. The maximum Gasteiger partial charge on any atom is 0.0470 e. The molecule has 2 N–H and O–H groups in total. The Bertz CT molecular complexity index is 341. The van der Waals surface area contributed by atoms with E-state index in [-0.39, 0.29) is 0 Å². The summed E-state index contributed by atoms with van der Waals surface area (Å²) in [5.74, 6) is 1.14. The van der Waals surface area contributed by atoms with Crippen molar-refractivity contribution in [1.29, 1.82) is 0 Å². The summed E-state index contributed by atoms with van der Waals surface area (Å²) in [5.41, 5.74) is 8.56. The lowest BCUT2D eigenvalue weighted by atomic mass is 10.0. The van der Waals surface area contributed by atoms with Gasteiger partial charge in [-0.2, -0.15) is 11.8 Å². The van der Waals surface area contributed by atoms with Gasteiger partial charge in [-0.05, 0) is 32.7 Å². The van der Waals surface area contributed by atoms with Crippen LogP contribution in [-0.2, 0) is 0 Å². The van der Waals surface area contributed by atoms with Crippen LogP contribution >= 0.6 is 11.8 Å². The number of rotatable bonds is 6. The van der Waals surface area contributed by atoms with Gasteiger partial charge in [0.2, 0.25) is 0 Å². The Kier molecular flexibility index (Phi) is 6.03. The van der Waals surface area contributed by atoms with E-state index in [0.717, 1.165) is 5.75 Å². The van der Waals surface area contributed by atoms with Crippen LogP contribution in [0.25, 0.3) is 0 Å². The third-order valence-corrected chi connectivity index (χ3v) is 4.06. The van der Waals surface area contributed by atoms with Gasteiger partial charge in [0.25, 0.3) is 0 Å². The van der Waals surface area contributed by atoms with Gasteiger partial charge in [-0.25, -0.2) is 0 Å². The van der Waals surface area contributed by atoms with Crippen molar-refractivity contribution in [3.8, 4) is 0 Å². The van der Waals surface area contributed by atoms with Crippen LogP contribution in [0.3, 0.4) is 0 Å². The fourth-order valence-corrected chi connectivity index (χ4v) is 2.80. The normalized spacial score (nSPS) is 14.9. The summed E-state index contributed by atoms with van der Waals surface area (Å²) in [6, 6.07) is 9.51. The molecule has 0 fully saturated rings. The largest absolute Gasteiger partial charge is 0.329 e. The minimum Gasteiger partial charge on any atom is -0.329 e. The van der Waals surface area contributed by atoms with Crippen LogP contribution in [0.1, 0.15) is 24.1 Å². The average Bonchev–Trinajstić information content (AvgIpc) is 2.30. The maximum absolute atomic E-state index is 5.94. The molecule has 2 atom stereocenters. The molecule has 0 aromatic heterocycles. The van der Waals surface area contributed by atoms with Gasteiger partial charge < -0.3 is 5.73 Å². The van der Waals surface area contributed by atoms with Gasteiger partial charge in [-0.3, -0.25) is 4.90 Å². The number of thioether (sulfide) groups is 1. The molecule has 1 rings (SSSR count). The van der Waals surface area contributed by atoms with Crippen molar-refractivity contribution < 1.29 is 0 Å². The highest BCUT2D eigenvalue weighted by Crippen LogP contribution is 2.22. The van der Waals surface area contributed by atoms with Crippen molar-refractivity contribution in [3.05, 3.63) is 35.4 Å². The maximum atomic E-state index is 5.94. The molecule has 1 aromatic rings. The molecular weight excluding hydrogens is 228 g/mol. The number of likely N-dealkylation sites (N-methyl/N-ethyl adjacent to an activating group) is 1. The summed E-state index contributed by atoms with van der Waals surface area (Å²) in [7, 11) is 2.17. The van der Waals surface area contributed by atoms with Crippen LogP contribution in [0.5, 0.6) is 0 Å². The molecule has 0 saturated carbocycles. The van der Waals surface area contributed by atoms with Crippen molar-refractivity contribution in [2.24, 2.45) is 5.73 Å². The first-order chi connectivity index (χ1) is 8.10. The zero-order valence-corrected chi connectivity index (χ0v) is 12.1. The smallest absolute Gasteiger partial charge is 0.0470 e. The summed E-state index contributed by atoms with van der Waals surface area (Å²) in [6.45, 7) is 5.05. The van der Waals surface area contributed by atoms with Crippen molar-refractivity contribution in [2.75, 3.05) is 25.6 Å². The second kappa shape index (κ2) is 7.04. The summed E-state index contributed by atoms with van der Waals surface area (Å²) >= 11 is 1.88. The highest BCUT2D eigenvalue weighted by atomic mass is 32.2. The van der Waals surface area contributed by atoms with Crippen molar-refractivity contribution in [3.63, 3.8) is 0 Å². The van der Waals surface area contributed by atoms with Gasteiger partial charge in [0, 0.05) is 24.4 Å². The topological polar surface area (TPSA) is 29.3 Å². The standard InChI is InChI=1S/C14H24N2S/c1-11-6-5-7-13(8-11)14(9-15)16(3)12(2)10-17-4/h5-8,12,14H,9-10,15H2,1-4H3.